The predicted molar refractivity (Wildman–Crippen MR) is 95.4 cm³/mol. The largest absolute Gasteiger partial charge is 0.465 e. The lowest BCUT2D eigenvalue weighted by Crippen LogP contribution is -2.46. The van der Waals surface area contributed by atoms with Crippen molar-refractivity contribution >= 4 is 34.2 Å². The number of likely N-dealkylation sites (tertiary alicyclic amines) is 1. The summed E-state index contributed by atoms with van der Waals surface area (Å²) in [6.07, 6.45) is 0.0540. The minimum atomic E-state index is -1.10. The van der Waals surface area contributed by atoms with Gasteiger partial charge in [-0.3, -0.25) is 24.7 Å². The van der Waals surface area contributed by atoms with Crippen LogP contribution < -0.4 is 4.90 Å². The van der Waals surface area contributed by atoms with Crippen molar-refractivity contribution in [1.82, 2.24) is 9.88 Å². The van der Waals surface area contributed by atoms with E-state index in [2.05, 4.69) is 4.98 Å². The summed E-state index contributed by atoms with van der Waals surface area (Å²) in [6.45, 7) is 0.353. The van der Waals surface area contributed by atoms with Crippen LogP contribution in [0.15, 0.2) is 29.6 Å². The van der Waals surface area contributed by atoms with Crippen LogP contribution in [0.2, 0.25) is 0 Å². The molecule has 0 saturated carbocycles. The number of hydrogen-bond acceptors (Lipinski definition) is 6. The first-order valence-electron chi connectivity index (χ1n) is 7.86. The van der Waals surface area contributed by atoms with E-state index >= 15 is 0 Å². The summed E-state index contributed by atoms with van der Waals surface area (Å²) in [5.74, 6) is -0.311. The van der Waals surface area contributed by atoms with Gasteiger partial charge in [0.2, 0.25) is 0 Å². The highest BCUT2D eigenvalue weighted by Crippen LogP contribution is 2.29. The molecule has 0 bridgehead atoms. The fourth-order valence-corrected chi connectivity index (χ4v) is 3.68. The quantitative estimate of drug-likeness (QED) is 0.648. The number of carbonyl (C=O) groups is 2. The van der Waals surface area contributed by atoms with Crippen molar-refractivity contribution in [2.75, 3.05) is 18.5 Å². The van der Waals surface area contributed by atoms with Crippen LogP contribution in [0.1, 0.15) is 12.8 Å². The van der Waals surface area contributed by atoms with Crippen molar-refractivity contribution in [3.63, 3.8) is 0 Å². The Morgan fingerprint density at radius 1 is 1.38 bits per heavy atom. The number of nitro benzene ring substituents is 1. The second-order valence-corrected chi connectivity index (χ2v) is 6.69. The van der Waals surface area contributed by atoms with Crippen molar-refractivity contribution in [3.05, 3.63) is 39.8 Å². The van der Waals surface area contributed by atoms with Crippen LogP contribution in [-0.4, -0.2) is 51.5 Å². The SMILES string of the molecule is CN(C(=O)[C@@H]1CCCN1C(=O)O)c1nc(-c2ccc([N+](=O)[O-])cc2)cs1. The standard InChI is InChI=1S/C16H16N4O5S/c1-18(14(21)13-3-2-8-19(13)16(22)23)15-17-12(9-26-15)10-4-6-11(7-5-10)20(24)25/h4-7,9,13H,2-3,8H2,1H3,(H,22,23)/t13-/m0/s1. The highest BCUT2D eigenvalue weighted by atomic mass is 32.1. The van der Waals surface area contributed by atoms with Crippen molar-refractivity contribution in [3.8, 4) is 11.3 Å². The Hall–Kier alpha value is -3.01. The van der Waals surface area contributed by atoms with Gasteiger partial charge < -0.3 is 5.11 Å². The molecule has 9 nitrogen and oxygen atoms in total. The molecular formula is C16H16N4O5S. The van der Waals surface area contributed by atoms with Gasteiger partial charge >= 0.3 is 6.09 Å². The van der Waals surface area contributed by atoms with Gasteiger partial charge in [-0.05, 0) is 25.0 Å². The maximum Gasteiger partial charge on any atom is 0.407 e. The molecule has 0 spiro atoms. The van der Waals surface area contributed by atoms with Gasteiger partial charge in [0.15, 0.2) is 5.13 Å². The van der Waals surface area contributed by atoms with Crippen LogP contribution in [-0.2, 0) is 4.79 Å². The fourth-order valence-electron chi connectivity index (χ4n) is 2.88. The number of thiazole rings is 1. The number of benzene rings is 1. The number of hydrogen-bond donors (Lipinski definition) is 1. The lowest BCUT2D eigenvalue weighted by atomic mass is 10.1. The van der Waals surface area contributed by atoms with Crippen LogP contribution in [0.5, 0.6) is 0 Å². The first-order valence-corrected chi connectivity index (χ1v) is 8.74. The van der Waals surface area contributed by atoms with E-state index in [1.54, 1.807) is 24.6 Å². The molecule has 2 amide bonds. The summed E-state index contributed by atoms with van der Waals surface area (Å²) >= 11 is 1.25. The van der Waals surface area contributed by atoms with E-state index in [4.69, 9.17) is 0 Å². The maximum absolute atomic E-state index is 12.6. The molecule has 0 aliphatic carbocycles. The average Bonchev–Trinajstić information content (AvgIpc) is 3.30. The molecule has 3 rings (SSSR count). The van der Waals surface area contributed by atoms with Crippen LogP contribution >= 0.6 is 11.3 Å². The Morgan fingerprint density at radius 3 is 2.69 bits per heavy atom. The molecule has 10 heteroatoms. The van der Waals surface area contributed by atoms with Crippen molar-refractivity contribution in [1.29, 1.82) is 0 Å². The van der Waals surface area contributed by atoms with Crippen molar-refractivity contribution < 1.29 is 19.6 Å². The second-order valence-electron chi connectivity index (χ2n) is 5.85. The monoisotopic (exact) mass is 376 g/mol. The van der Waals surface area contributed by atoms with E-state index in [1.807, 2.05) is 0 Å². The normalized spacial score (nSPS) is 16.5. The number of non-ortho nitro benzene ring substituents is 1. The molecule has 1 aromatic carbocycles. The minimum Gasteiger partial charge on any atom is -0.465 e. The minimum absolute atomic E-state index is 0.00788. The average molecular weight is 376 g/mol. The summed E-state index contributed by atoms with van der Waals surface area (Å²) in [6, 6.07) is 5.30. The third-order valence-corrected chi connectivity index (χ3v) is 5.18. The van der Waals surface area contributed by atoms with Gasteiger partial charge in [-0.1, -0.05) is 0 Å². The third kappa shape index (κ3) is 3.36. The first kappa shape index (κ1) is 17.8. The first-order chi connectivity index (χ1) is 12.4. The summed E-state index contributed by atoms with van der Waals surface area (Å²) in [4.78, 5) is 41.0. The number of nitrogens with zero attached hydrogens (tertiary/aromatic N) is 4. The predicted octanol–water partition coefficient (Wildman–Crippen LogP) is 2.82. The number of amides is 2. The molecule has 1 aliphatic rings. The number of aromatic nitrogens is 1. The summed E-state index contributed by atoms with van der Waals surface area (Å²) in [7, 11) is 1.57. The lowest BCUT2D eigenvalue weighted by Gasteiger charge is -2.24. The molecule has 1 aliphatic heterocycles. The van der Waals surface area contributed by atoms with Gasteiger partial charge in [-0.2, -0.15) is 0 Å². The Labute approximate surface area is 152 Å². The number of nitro groups is 1. The van der Waals surface area contributed by atoms with Crippen LogP contribution in [0.3, 0.4) is 0 Å². The van der Waals surface area contributed by atoms with Crippen LogP contribution in [0.25, 0.3) is 11.3 Å². The van der Waals surface area contributed by atoms with Crippen LogP contribution in [0.4, 0.5) is 15.6 Å². The van der Waals surface area contributed by atoms with Gasteiger partial charge in [0, 0.05) is 36.7 Å². The van der Waals surface area contributed by atoms with Gasteiger partial charge in [-0.15, -0.1) is 11.3 Å². The molecule has 1 N–H and O–H groups in total. The number of carboxylic acid groups (broad SMARTS) is 1. The zero-order valence-corrected chi connectivity index (χ0v) is 14.7. The summed E-state index contributed by atoms with van der Waals surface area (Å²) in [5.41, 5.74) is 1.29. The Kier molecular flexibility index (Phi) is 4.85. The van der Waals surface area contributed by atoms with E-state index < -0.39 is 17.1 Å². The topological polar surface area (TPSA) is 117 Å². The molecule has 1 atom stereocenters. The van der Waals surface area contributed by atoms with E-state index in [-0.39, 0.29) is 11.6 Å². The van der Waals surface area contributed by atoms with Gasteiger partial charge in [0.25, 0.3) is 11.6 Å². The molecule has 0 radical (unpaired) electrons. The molecule has 2 aromatic rings. The molecule has 1 aromatic heterocycles. The number of rotatable bonds is 4. The third-order valence-electron chi connectivity index (χ3n) is 4.27. The maximum atomic E-state index is 12.6. The highest BCUT2D eigenvalue weighted by molar-refractivity contribution is 7.14. The zero-order chi connectivity index (χ0) is 18.8. The number of likely N-dealkylation sites (N-methyl/N-ethyl adjacent to an activating group) is 1. The molecule has 1 fully saturated rings. The molecule has 1 saturated heterocycles. The van der Waals surface area contributed by atoms with E-state index in [0.29, 0.717) is 35.8 Å². The van der Waals surface area contributed by atoms with Gasteiger partial charge in [0.1, 0.15) is 6.04 Å². The van der Waals surface area contributed by atoms with Crippen LogP contribution in [0, 0.1) is 10.1 Å². The van der Waals surface area contributed by atoms with Gasteiger partial charge in [-0.25, -0.2) is 9.78 Å². The van der Waals surface area contributed by atoms with Crippen molar-refractivity contribution in [2.24, 2.45) is 0 Å². The highest BCUT2D eigenvalue weighted by Gasteiger charge is 2.36. The molecular weight excluding hydrogens is 360 g/mol. The van der Waals surface area contributed by atoms with E-state index in [1.165, 1.54) is 28.4 Å². The lowest BCUT2D eigenvalue weighted by molar-refractivity contribution is -0.384. The number of anilines is 1. The van der Waals surface area contributed by atoms with E-state index in [9.17, 15) is 24.8 Å². The Balaban J connectivity index is 1.77. The fraction of sp³-hybridized carbons (Fsp3) is 0.312. The summed E-state index contributed by atoms with van der Waals surface area (Å²) < 4.78 is 0. The number of carbonyl (C=O) groups excluding carboxylic acids is 1. The summed E-state index contributed by atoms with van der Waals surface area (Å²) in [5, 5.41) is 22.1. The Morgan fingerprint density at radius 2 is 2.08 bits per heavy atom. The molecule has 2 heterocycles. The van der Waals surface area contributed by atoms with E-state index in [0.717, 1.165) is 4.90 Å². The second kappa shape index (κ2) is 7.08. The smallest absolute Gasteiger partial charge is 0.407 e. The molecule has 136 valence electrons. The van der Waals surface area contributed by atoms with Crippen molar-refractivity contribution in [2.45, 2.75) is 18.9 Å². The Bertz CT molecular complexity index is 851. The molecule has 26 heavy (non-hydrogen) atoms. The zero-order valence-electron chi connectivity index (χ0n) is 13.9. The molecule has 0 unspecified atom stereocenters. The van der Waals surface area contributed by atoms with Gasteiger partial charge in [0.05, 0.1) is 10.6 Å².